The number of aliphatic imine (C=N–C) groups is 1. The van der Waals surface area contributed by atoms with Crippen molar-refractivity contribution < 1.29 is 0 Å². The van der Waals surface area contributed by atoms with Gasteiger partial charge in [-0.1, -0.05) is 12.5 Å². The Morgan fingerprint density at radius 2 is 2.26 bits per heavy atom. The Hall–Kier alpha value is -1.85. The Kier molecular flexibility index (Phi) is 7.10. The summed E-state index contributed by atoms with van der Waals surface area (Å²) < 4.78 is 2.31. The molecule has 0 atom stereocenters. The summed E-state index contributed by atoms with van der Waals surface area (Å²) in [5, 5.41) is 12.2. The van der Waals surface area contributed by atoms with Crippen molar-refractivity contribution in [2.24, 2.45) is 4.99 Å². The number of allylic oxidation sites excluding steroid dienone is 1. The van der Waals surface area contributed by atoms with Gasteiger partial charge in [0.25, 0.3) is 0 Å². The van der Waals surface area contributed by atoms with Gasteiger partial charge < -0.3 is 14.8 Å². The molecule has 128 valence electrons. The van der Waals surface area contributed by atoms with E-state index < -0.39 is 0 Å². The number of unbranched alkanes of at least 4 members (excludes halogenated alkanes) is 1. The van der Waals surface area contributed by atoms with Gasteiger partial charge in [0, 0.05) is 46.6 Å². The van der Waals surface area contributed by atoms with Gasteiger partial charge in [0.05, 0.1) is 0 Å². The van der Waals surface area contributed by atoms with Gasteiger partial charge in [0.2, 0.25) is 0 Å². The zero-order valence-electron chi connectivity index (χ0n) is 14.6. The van der Waals surface area contributed by atoms with Gasteiger partial charge in [-0.05, 0) is 25.7 Å². The predicted octanol–water partition coefficient (Wildman–Crippen LogP) is 2.02. The van der Waals surface area contributed by atoms with Crippen molar-refractivity contribution >= 4 is 5.96 Å². The molecule has 2 rings (SSSR count). The molecule has 0 spiro atoms. The van der Waals surface area contributed by atoms with E-state index in [2.05, 4.69) is 43.6 Å². The minimum Gasteiger partial charge on any atom is -0.356 e. The fourth-order valence-corrected chi connectivity index (χ4v) is 2.98. The predicted molar refractivity (Wildman–Crippen MR) is 94.7 cm³/mol. The SMILES string of the molecule is C=CCCCN(C)C(=NC)NCCc1nnc2n1CCCCC2. The summed E-state index contributed by atoms with van der Waals surface area (Å²) >= 11 is 0. The van der Waals surface area contributed by atoms with Crippen LogP contribution in [0.1, 0.15) is 43.8 Å². The molecule has 0 fully saturated rings. The van der Waals surface area contributed by atoms with Gasteiger partial charge in [0.15, 0.2) is 5.96 Å². The number of hydrogen-bond donors (Lipinski definition) is 1. The third-order valence-electron chi connectivity index (χ3n) is 4.29. The zero-order chi connectivity index (χ0) is 16.5. The van der Waals surface area contributed by atoms with Crippen LogP contribution in [0.2, 0.25) is 0 Å². The minimum absolute atomic E-state index is 0.830. The first kappa shape index (κ1) is 17.5. The lowest BCUT2D eigenvalue weighted by Gasteiger charge is -2.21. The van der Waals surface area contributed by atoms with E-state index in [1.54, 1.807) is 0 Å². The summed E-state index contributed by atoms with van der Waals surface area (Å²) in [6, 6.07) is 0. The molecule has 2 heterocycles. The zero-order valence-corrected chi connectivity index (χ0v) is 14.6. The summed E-state index contributed by atoms with van der Waals surface area (Å²) in [6.45, 7) is 6.63. The molecule has 0 aliphatic carbocycles. The van der Waals surface area contributed by atoms with E-state index in [9.17, 15) is 0 Å². The first-order valence-electron chi connectivity index (χ1n) is 8.70. The van der Waals surface area contributed by atoms with Crippen LogP contribution in [-0.4, -0.2) is 52.8 Å². The van der Waals surface area contributed by atoms with Gasteiger partial charge in [-0.3, -0.25) is 4.99 Å². The molecular formula is C17H30N6. The number of rotatable bonds is 7. The van der Waals surface area contributed by atoms with Crippen molar-refractivity contribution in [3.05, 3.63) is 24.3 Å². The van der Waals surface area contributed by atoms with Crippen LogP contribution < -0.4 is 5.32 Å². The molecule has 6 nitrogen and oxygen atoms in total. The second-order valence-electron chi connectivity index (χ2n) is 6.07. The molecule has 1 aliphatic heterocycles. The maximum Gasteiger partial charge on any atom is 0.193 e. The van der Waals surface area contributed by atoms with E-state index in [-0.39, 0.29) is 0 Å². The molecule has 23 heavy (non-hydrogen) atoms. The summed E-state index contributed by atoms with van der Waals surface area (Å²) in [5.74, 6) is 3.19. The maximum absolute atomic E-state index is 4.38. The van der Waals surface area contributed by atoms with Crippen molar-refractivity contribution in [1.82, 2.24) is 25.0 Å². The summed E-state index contributed by atoms with van der Waals surface area (Å²) in [6.07, 6.45) is 9.80. The highest BCUT2D eigenvalue weighted by Gasteiger charge is 2.14. The van der Waals surface area contributed by atoms with Crippen molar-refractivity contribution in [3.8, 4) is 0 Å². The largest absolute Gasteiger partial charge is 0.356 e. The molecule has 0 bridgehead atoms. The van der Waals surface area contributed by atoms with Crippen LogP contribution in [0.25, 0.3) is 0 Å². The number of nitrogens with zero attached hydrogens (tertiary/aromatic N) is 5. The second kappa shape index (κ2) is 9.33. The summed E-state index contributed by atoms with van der Waals surface area (Å²) in [5.41, 5.74) is 0. The molecular weight excluding hydrogens is 288 g/mol. The molecule has 1 aliphatic rings. The van der Waals surface area contributed by atoms with Gasteiger partial charge in [-0.25, -0.2) is 0 Å². The second-order valence-corrected chi connectivity index (χ2v) is 6.07. The van der Waals surface area contributed by atoms with Crippen LogP contribution in [0.5, 0.6) is 0 Å². The Balaban J connectivity index is 1.81. The normalized spacial score (nSPS) is 15.0. The molecule has 6 heteroatoms. The first-order chi connectivity index (χ1) is 11.3. The quantitative estimate of drug-likeness (QED) is 0.362. The van der Waals surface area contributed by atoms with Crippen molar-refractivity contribution in [3.63, 3.8) is 0 Å². The van der Waals surface area contributed by atoms with Gasteiger partial charge in [0.1, 0.15) is 11.6 Å². The van der Waals surface area contributed by atoms with Crippen molar-refractivity contribution in [2.45, 2.75) is 51.5 Å². The highest BCUT2D eigenvalue weighted by atomic mass is 15.3. The monoisotopic (exact) mass is 318 g/mol. The fourth-order valence-electron chi connectivity index (χ4n) is 2.98. The van der Waals surface area contributed by atoms with Crippen molar-refractivity contribution in [1.29, 1.82) is 0 Å². The topological polar surface area (TPSA) is 58.3 Å². The Morgan fingerprint density at radius 3 is 3.04 bits per heavy atom. The Bertz CT molecular complexity index is 519. The van der Waals surface area contributed by atoms with Crippen molar-refractivity contribution in [2.75, 3.05) is 27.2 Å². The highest BCUT2D eigenvalue weighted by molar-refractivity contribution is 5.79. The van der Waals surface area contributed by atoms with Gasteiger partial charge >= 0.3 is 0 Å². The van der Waals surface area contributed by atoms with E-state index in [1.165, 1.54) is 19.3 Å². The van der Waals surface area contributed by atoms with Crippen LogP contribution in [0, 0.1) is 0 Å². The first-order valence-corrected chi connectivity index (χ1v) is 8.70. The number of fused-ring (bicyclic) bond motifs is 1. The number of nitrogens with one attached hydrogen (secondary N) is 1. The summed E-state index contributed by atoms with van der Waals surface area (Å²) in [7, 11) is 3.90. The molecule has 1 aromatic rings. The Morgan fingerprint density at radius 1 is 1.39 bits per heavy atom. The molecule has 1 N–H and O–H groups in total. The minimum atomic E-state index is 0.830. The Labute approximate surface area is 139 Å². The fraction of sp³-hybridized carbons (Fsp3) is 0.706. The van der Waals surface area contributed by atoms with E-state index >= 15 is 0 Å². The summed E-state index contributed by atoms with van der Waals surface area (Å²) in [4.78, 5) is 6.51. The lowest BCUT2D eigenvalue weighted by atomic mass is 10.2. The number of guanidine groups is 1. The van der Waals surface area contributed by atoms with Crippen LogP contribution in [-0.2, 0) is 19.4 Å². The molecule has 1 aromatic heterocycles. The number of aromatic nitrogens is 3. The maximum atomic E-state index is 4.38. The van der Waals surface area contributed by atoms with Crippen LogP contribution >= 0.6 is 0 Å². The average molecular weight is 318 g/mol. The molecule has 0 saturated heterocycles. The third kappa shape index (κ3) is 5.08. The van der Waals surface area contributed by atoms with E-state index in [0.717, 1.165) is 62.9 Å². The molecule has 0 saturated carbocycles. The van der Waals surface area contributed by atoms with Gasteiger partial charge in [-0.2, -0.15) is 0 Å². The third-order valence-corrected chi connectivity index (χ3v) is 4.29. The molecule has 0 aromatic carbocycles. The molecule has 0 amide bonds. The lowest BCUT2D eigenvalue weighted by Crippen LogP contribution is -2.40. The average Bonchev–Trinajstić information content (AvgIpc) is 2.79. The van der Waals surface area contributed by atoms with Crippen LogP contribution in [0.3, 0.4) is 0 Å². The number of hydrogen-bond acceptors (Lipinski definition) is 3. The molecule has 0 unspecified atom stereocenters. The van der Waals surface area contributed by atoms with Gasteiger partial charge in [-0.15, -0.1) is 16.8 Å². The smallest absolute Gasteiger partial charge is 0.193 e. The van der Waals surface area contributed by atoms with E-state index in [4.69, 9.17) is 0 Å². The standard InChI is InChI=1S/C17H30N6/c1-4-5-8-13-22(3)17(18-2)19-12-11-16-21-20-15-10-7-6-9-14-23(15)16/h4H,1,5-14H2,2-3H3,(H,18,19). The van der Waals surface area contributed by atoms with Crippen LogP contribution in [0.4, 0.5) is 0 Å². The van der Waals surface area contributed by atoms with E-state index in [1.807, 2.05) is 13.1 Å². The number of aryl methyl sites for hydroxylation is 1. The van der Waals surface area contributed by atoms with Crippen LogP contribution in [0.15, 0.2) is 17.6 Å². The highest BCUT2D eigenvalue weighted by Crippen LogP contribution is 2.14. The lowest BCUT2D eigenvalue weighted by molar-refractivity contribution is 0.469. The van der Waals surface area contributed by atoms with E-state index in [0.29, 0.717) is 0 Å². The molecule has 0 radical (unpaired) electrons.